The van der Waals surface area contributed by atoms with Gasteiger partial charge in [0.25, 0.3) is 0 Å². The lowest BCUT2D eigenvalue weighted by Crippen LogP contribution is -2.19. The van der Waals surface area contributed by atoms with Gasteiger partial charge in [0.05, 0.1) is 20.4 Å². The number of halogens is 3. The monoisotopic (exact) mass is 436 g/mol. The minimum absolute atomic E-state index is 0.0698. The zero-order chi connectivity index (χ0) is 21.9. The number of urea groups is 1. The molecule has 2 rings (SSSR count). The van der Waals surface area contributed by atoms with Crippen molar-refractivity contribution in [3.8, 4) is 17.4 Å². The second-order valence-electron chi connectivity index (χ2n) is 4.77. The van der Waals surface area contributed by atoms with Gasteiger partial charge in [0.15, 0.2) is 6.61 Å². The number of anilines is 1. The molecule has 0 spiro atoms. The molecule has 0 aliphatic heterocycles. The molecule has 14 heteroatoms. The lowest BCUT2D eigenvalue weighted by molar-refractivity contribution is -0.153. The average Bonchev–Trinajstić information content (AvgIpc) is 2.66. The third-order valence-corrected chi connectivity index (χ3v) is 2.96. The zero-order valence-corrected chi connectivity index (χ0v) is 15.8. The van der Waals surface area contributed by atoms with E-state index in [1.807, 2.05) is 0 Å². The molecule has 1 N–H and O–H groups in total. The Hall–Kier alpha value is -3.42. The summed E-state index contributed by atoms with van der Waals surface area (Å²) in [7, 11) is 0.0104. The number of hydrogen-bond acceptors (Lipinski definition) is 8. The van der Waals surface area contributed by atoms with E-state index in [1.165, 1.54) is 50.9 Å². The van der Waals surface area contributed by atoms with Crippen LogP contribution in [0.1, 0.15) is 0 Å². The molecule has 2 amide bonds. The van der Waals surface area contributed by atoms with Crippen molar-refractivity contribution in [2.75, 3.05) is 26.1 Å². The highest BCUT2D eigenvalue weighted by molar-refractivity contribution is 7.62. The number of hydrogen-bond donors (Lipinski definition) is 1. The SMILES string of the molecule is COc1cc(NC(=O)N=S(=O)=O)nc(OC)c1.FC(F)(F)COc1cccnc1. The van der Waals surface area contributed by atoms with Gasteiger partial charge in [-0.3, -0.25) is 10.3 Å². The molecule has 0 fully saturated rings. The van der Waals surface area contributed by atoms with Crippen molar-refractivity contribution in [1.29, 1.82) is 0 Å². The number of alkyl halides is 3. The van der Waals surface area contributed by atoms with E-state index in [9.17, 15) is 26.4 Å². The Kier molecular flexibility index (Phi) is 9.31. The van der Waals surface area contributed by atoms with Crippen LogP contribution in [-0.2, 0) is 10.5 Å². The number of nitrogens with zero attached hydrogens (tertiary/aromatic N) is 3. The highest BCUT2D eigenvalue weighted by atomic mass is 32.2. The second kappa shape index (κ2) is 11.4. The molecule has 0 radical (unpaired) electrons. The molecule has 10 nitrogen and oxygen atoms in total. The van der Waals surface area contributed by atoms with E-state index >= 15 is 0 Å². The van der Waals surface area contributed by atoms with Crippen LogP contribution in [0.15, 0.2) is 41.0 Å². The molecule has 0 aromatic carbocycles. The van der Waals surface area contributed by atoms with Gasteiger partial charge in [0.1, 0.15) is 17.3 Å². The first kappa shape index (κ1) is 23.6. The third kappa shape index (κ3) is 10.5. The van der Waals surface area contributed by atoms with Crippen molar-refractivity contribution in [1.82, 2.24) is 9.97 Å². The fourth-order valence-electron chi connectivity index (χ4n) is 1.57. The van der Waals surface area contributed by atoms with Gasteiger partial charge >= 0.3 is 22.7 Å². The Morgan fingerprint density at radius 3 is 2.45 bits per heavy atom. The summed E-state index contributed by atoms with van der Waals surface area (Å²) in [6.45, 7) is -1.28. The maximum Gasteiger partial charge on any atom is 0.422 e. The summed E-state index contributed by atoms with van der Waals surface area (Å²) in [5.41, 5.74) is 0. The number of rotatable bonds is 5. The lowest BCUT2D eigenvalue weighted by atomic mass is 10.4. The van der Waals surface area contributed by atoms with E-state index < -0.39 is 29.3 Å². The van der Waals surface area contributed by atoms with E-state index in [0.717, 1.165) is 0 Å². The number of nitrogens with one attached hydrogen (secondary N) is 1. The summed E-state index contributed by atoms with van der Waals surface area (Å²) < 4.78 is 72.0. The van der Waals surface area contributed by atoms with Crippen molar-refractivity contribution >= 4 is 22.3 Å². The van der Waals surface area contributed by atoms with E-state index in [4.69, 9.17) is 9.47 Å². The van der Waals surface area contributed by atoms with Crippen LogP contribution < -0.4 is 19.5 Å². The maximum atomic E-state index is 11.6. The van der Waals surface area contributed by atoms with Crippen molar-refractivity contribution in [3.05, 3.63) is 36.7 Å². The van der Waals surface area contributed by atoms with Crippen molar-refractivity contribution in [2.24, 2.45) is 4.36 Å². The zero-order valence-electron chi connectivity index (χ0n) is 15.0. The molecule has 0 aliphatic rings. The molecule has 2 aromatic heterocycles. The average molecular weight is 436 g/mol. The van der Waals surface area contributed by atoms with Crippen LogP contribution in [0.25, 0.3) is 0 Å². The summed E-state index contributed by atoms with van der Waals surface area (Å²) in [5.74, 6) is 0.800. The smallest absolute Gasteiger partial charge is 0.422 e. The van der Waals surface area contributed by atoms with Gasteiger partial charge in [-0.2, -0.15) is 26.6 Å². The van der Waals surface area contributed by atoms with Crippen molar-refractivity contribution < 1.29 is 40.6 Å². The fraction of sp³-hybridized carbons (Fsp3) is 0.267. The van der Waals surface area contributed by atoms with Gasteiger partial charge in [0, 0.05) is 18.3 Å². The van der Waals surface area contributed by atoms with Gasteiger partial charge in [0.2, 0.25) is 5.88 Å². The quantitative estimate of drug-likeness (QED) is 0.758. The van der Waals surface area contributed by atoms with Crippen LogP contribution >= 0.6 is 0 Å². The minimum Gasteiger partial charge on any atom is -0.496 e. The number of pyridine rings is 2. The first-order valence-corrected chi connectivity index (χ1v) is 8.48. The largest absolute Gasteiger partial charge is 0.496 e. The Morgan fingerprint density at radius 2 is 1.93 bits per heavy atom. The highest BCUT2D eigenvalue weighted by Crippen LogP contribution is 2.21. The number of amides is 2. The van der Waals surface area contributed by atoms with E-state index in [2.05, 4.69) is 24.4 Å². The fourth-order valence-corrected chi connectivity index (χ4v) is 1.75. The Bertz CT molecular complexity index is 909. The van der Waals surface area contributed by atoms with Gasteiger partial charge in [-0.25, -0.2) is 4.79 Å². The molecule has 29 heavy (non-hydrogen) atoms. The topological polar surface area (TPSA) is 129 Å². The normalized spacial score (nSPS) is 10.1. The van der Waals surface area contributed by atoms with Crippen LogP contribution in [0.4, 0.5) is 23.8 Å². The van der Waals surface area contributed by atoms with Gasteiger partial charge < -0.3 is 14.2 Å². The standard InChI is InChI=1S/C8H9N3O5S.C7H6F3NO/c1-15-5-3-6(9-7(4-5)16-2)10-8(12)11-17(13)14;8-7(9,10)5-12-6-2-1-3-11-4-6/h3-4H,1-2H3,(H,9,10,12);1-4H,5H2. The molecule has 0 bridgehead atoms. The van der Waals surface area contributed by atoms with Crippen molar-refractivity contribution in [2.45, 2.75) is 6.18 Å². The molecule has 0 saturated carbocycles. The number of carbonyl (C=O) groups excluding carboxylic acids is 1. The Balaban J connectivity index is 0.000000308. The lowest BCUT2D eigenvalue weighted by Gasteiger charge is -2.07. The highest BCUT2D eigenvalue weighted by Gasteiger charge is 2.28. The molecule has 0 unspecified atom stereocenters. The molecule has 2 heterocycles. The van der Waals surface area contributed by atoms with Crippen LogP contribution in [0, 0.1) is 0 Å². The number of carbonyl (C=O) groups is 1. The second-order valence-corrected chi connectivity index (χ2v) is 5.38. The van der Waals surface area contributed by atoms with E-state index in [1.54, 1.807) is 0 Å². The predicted octanol–water partition coefficient (Wildman–Crippen LogP) is 2.72. The Morgan fingerprint density at radius 1 is 1.21 bits per heavy atom. The van der Waals surface area contributed by atoms with Gasteiger partial charge in [-0.05, 0) is 12.1 Å². The van der Waals surface area contributed by atoms with Gasteiger partial charge in [-0.1, -0.05) is 4.36 Å². The molecular formula is C15H15F3N4O6S. The molecular weight excluding hydrogens is 421 g/mol. The maximum absolute atomic E-state index is 11.6. The summed E-state index contributed by atoms with van der Waals surface area (Å²) in [4.78, 5) is 18.5. The number of methoxy groups -OCH3 is 2. The van der Waals surface area contributed by atoms with E-state index in [-0.39, 0.29) is 17.4 Å². The summed E-state index contributed by atoms with van der Waals surface area (Å²) in [6.07, 6.45) is -1.61. The first-order chi connectivity index (χ1) is 13.6. The van der Waals surface area contributed by atoms with Crippen LogP contribution in [-0.4, -0.2) is 51.4 Å². The molecule has 2 aromatic rings. The first-order valence-electron chi connectivity index (χ1n) is 7.44. The number of aromatic nitrogens is 2. The third-order valence-electron chi connectivity index (χ3n) is 2.65. The molecule has 0 atom stereocenters. The molecule has 158 valence electrons. The molecule has 0 saturated heterocycles. The van der Waals surface area contributed by atoms with Crippen molar-refractivity contribution in [3.63, 3.8) is 0 Å². The van der Waals surface area contributed by atoms with Crippen LogP contribution in [0.3, 0.4) is 0 Å². The molecule has 0 aliphatic carbocycles. The van der Waals surface area contributed by atoms with E-state index in [0.29, 0.717) is 5.75 Å². The van der Waals surface area contributed by atoms with Gasteiger partial charge in [-0.15, -0.1) is 0 Å². The summed E-state index contributed by atoms with van der Waals surface area (Å²) in [6, 6.07) is 4.76. The Labute approximate surface area is 164 Å². The minimum atomic E-state index is -4.30. The van der Waals surface area contributed by atoms with Crippen LogP contribution in [0.5, 0.6) is 17.4 Å². The summed E-state index contributed by atoms with van der Waals surface area (Å²) in [5, 5.41) is 2.15. The number of ether oxygens (including phenoxy) is 3. The van der Waals surface area contributed by atoms with Crippen LogP contribution in [0.2, 0.25) is 0 Å². The predicted molar refractivity (Wildman–Crippen MR) is 93.5 cm³/mol. The summed E-state index contributed by atoms with van der Waals surface area (Å²) >= 11 is 0.